The number of pyridine rings is 1. The molecule has 0 radical (unpaired) electrons. The molecule has 23 heavy (non-hydrogen) atoms. The highest BCUT2D eigenvalue weighted by atomic mass is 16.7. The maximum Gasteiger partial charge on any atom is 0.434 e. The molecule has 2 heterocycles. The number of aromatic nitrogens is 1. The van der Waals surface area contributed by atoms with Gasteiger partial charge in [-0.15, -0.1) is 0 Å². The Balaban J connectivity index is 2.01. The SMILES string of the molecule is CNC(=O)c1ccc(C2=CCN(C(=O)OC(C)(C)C)OC2)cn1. The van der Waals surface area contributed by atoms with Crippen LogP contribution in [0.25, 0.3) is 5.57 Å². The quantitative estimate of drug-likeness (QED) is 0.902. The van der Waals surface area contributed by atoms with Crippen molar-refractivity contribution in [3.8, 4) is 0 Å². The van der Waals surface area contributed by atoms with Crippen LogP contribution in [0.4, 0.5) is 4.79 Å². The molecule has 0 bridgehead atoms. The van der Waals surface area contributed by atoms with Gasteiger partial charge >= 0.3 is 6.09 Å². The number of hydrogen-bond acceptors (Lipinski definition) is 5. The van der Waals surface area contributed by atoms with Crippen molar-refractivity contribution < 1.29 is 19.2 Å². The van der Waals surface area contributed by atoms with Gasteiger partial charge in [0.1, 0.15) is 17.9 Å². The second kappa shape index (κ2) is 6.78. The number of carbonyl (C=O) groups is 2. The van der Waals surface area contributed by atoms with Gasteiger partial charge in [0.25, 0.3) is 5.91 Å². The zero-order valence-electron chi connectivity index (χ0n) is 13.8. The standard InChI is InChI=1S/C16H21N3O4/c1-16(2,3)23-15(21)19-8-7-12(10-22-19)11-5-6-13(18-9-11)14(20)17-4/h5-7,9H,8,10H2,1-4H3,(H,17,20). The van der Waals surface area contributed by atoms with E-state index in [1.54, 1.807) is 46.1 Å². The molecule has 1 aromatic rings. The van der Waals surface area contributed by atoms with E-state index in [1.807, 2.05) is 6.08 Å². The van der Waals surface area contributed by atoms with Crippen LogP contribution >= 0.6 is 0 Å². The van der Waals surface area contributed by atoms with E-state index in [0.717, 1.165) is 11.1 Å². The van der Waals surface area contributed by atoms with Gasteiger partial charge in [-0.2, -0.15) is 5.06 Å². The van der Waals surface area contributed by atoms with Crippen LogP contribution in [0, 0.1) is 0 Å². The predicted molar refractivity (Wildman–Crippen MR) is 84.5 cm³/mol. The van der Waals surface area contributed by atoms with Gasteiger partial charge in [-0.25, -0.2) is 4.79 Å². The van der Waals surface area contributed by atoms with Gasteiger partial charge in [0.05, 0.1) is 6.54 Å². The maximum atomic E-state index is 11.9. The lowest BCUT2D eigenvalue weighted by molar-refractivity contribution is -0.133. The van der Waals surface area contributed by atoms with Crippen LogP contribution < -0.4 is 5.32 Å². The van der Waals surface area contributed by atoms with Gasteiger partial charge in [-0.3, -0.25) is 14.6 Å². The molecule has 0 atom stereocenters. The van der Waals surface area contributed by atoms with Crippen molar-refractivity contribution in [1.29, 1.82) is 0 Å². The minimum absolute atomic E-state index is 0.235. The van der Waals surface area contributed by atoms with Crippen molar-refractivity contribution in [3.63, 3.8) is 0 Å². The third-order valence-corrected chi connectivity index (χ3v) is 3.07. The van der Waals surface area contributed by atoms with E-state index >= 15 is 0 Å². The highest BCUT2D eigenvalue weighted by Gasteiger charge is 2.25. The summed E-state index contributed by atoms with van der Waals surface area (Å²) < 4.78 is 5.25. The number of hydrogen-bond donors (Lipinski definition) is 1. The Morgan fingerprint density at radius 3 is 2.57 bits per heavy atom. The largest absolute Gasteiger partial charge is 0.442 e. The zero-order valence-corrected chi connectivity index (χ0v) is 13.8. The number of nitrogens with zero attached hydrogens (tertiary/aromatic N) is 2. The number of rotatable bonds is 2. The molecular formula is C16H21N3O4. The summed E-state index contributed by atoms with van der Waals surface area (Å²) >= 11 is 0. The molecule has 0 spiro atoms. The number of ether oxygens (including phenoxy) is 1. The first-order valence-corrected chi connectivity index (χ1v) is 7.31. The summed E-state index contributed by atoms with van der Waals surface area (Å²) in [6.07, 6.45) is 2.98. The number of nitrogens with one attached hydrogen (secondary N) is 1. The molecule has 7 nitrogen and oxygen atoms in total. The summed E-state index contributed by atoms with van der Waals surface area (Å²) in [5.74, 6) is -0.235. The zero-order chi connectivity index (χ0) is 17.0. The van der Waals surface area contributed by atoms with Crippen molar-refractivity contribution in [3.05, 3.63) is 35.7 Å². The van der Waals surface area contributed by atoms with Gasteiger partial charge in [0.15, 0.2) is 0 Å². The second-order valence-corrected chi connectivity index (χ2v) is 6.06. The molecule has 0 saturated carbocycles. The van der Waals surface area contributed by atoms with E-state index in [9.17, 15) is 9.59 Å². The van der Waals surface area contributed by atoms with Gasteiger partial charge in [0, 0.05) is 13.2 Å². The van der Waals surface area contributed by atoms with Crippen LogP contribution in [0.5, 0.6) is 0 Å². The lowest BCUT2D eigenvalue weighted by atomic mass is 10.1. The second-order valence-electron chi connectivity index (χ2n) is 6.06. The predicted octanol–water partition coefficient (Wildman–Crippen LogP) is 2.01. The lowest BCUT2D eigenvalue weighted by Gasteiger charge is -2.28. The Morgan fingerprint density at radius 1 is 1.35 bits per heavy atom. The molecule has 7 heteroatoms. The molecule has 0 saturated heterocycles. The van der Waals surface area contributed by atoms with Gasteiger partial charge in [0.2, 0.25) is 0 Å². The normalized spacial score (nSPS) is 15.0. The molecule has 2 amide bonds. The Labute approximate surface area is 135 Å². The molecule has 1 aliphatic rings. The fourth-order valence-corrected chi connectivity index (χ4v) is 1.94. The topological polar surface area (TPSA) is 80.8 Å². The third kappa shape index (κ3) is 4.53. The van der Waals surface area contributed by atoms with Crippen molar-refractivity contribution >= 4 is 17.6 Å². The first-order chi connectivity index (χ1) is 10.8. The van der Waals surface area contributed by atoms with Crippen LogP contribution in [-0.4, -0.2) is 47.8 Å². The Hall–Kier alpha value is -2.41. The van der Waals surface area contributed by atoms with Gasteiger partial charge in [-0.1, -0.05) is 12.1 Å². The average Bonchev–Trinajstić information content (AvgIpc) is 2.53. The van der Waals surface area contributed by atoms with Crippen LogP contribution in [-0.2, 0) is 9.57 Å². The summed E-state index contributed by atoms with van der Waals surface area (Å²) in [5.41, 5.74) is 1.54. The molecule has 2 rings (SSSR count). The minimum Gasteiger partial charge on any atom is -0.442 e. The summed E-state index contributed by atoms with van der Waals surface area (Å²) in [6, 6.07) is 3.45. The molecule has 1 aliphatic heterocycles. The first-order valence-electron chi connectivity index (χ1n) is 7.31. The number of carbonyl (C=O) groups excluding carboxylic acids is 2. The van der Waals surface area contributed by atoms with E-state index in [1.165, 1.54) is 5.06 Å². The van der Waals surface area contributed by atoms with Crippen molar-refractivity contribution in [1.82, 2.24) is 15.4 Å². The monoisotopic (exact) mass is 319 g/mol. The fraction of sp³-hybridized carbons (Fsp3) is 0.438. The molecule has 0 unspecified atom stereocenters. The summed E-state index contributed by atoms with van der Waals surface area (Å²) in [5, 5.41) is 3.70. The third-order valence-electron chi connectivity index (χ3n) is 3.07. The van der Waals surface area contributed by atoms with E-state index < -0.39 is 11.7 Å². The Morgan fingerprint density at radius 2 is 2.09 bits per heavy atom. The van der Waals surface area contributed by atoms with Gasteiger partial charge < -0.3 is 10.1 Å². The molecular weight excluding hydrogens is 298 g/mol. The van der Waals surface area contributed by atoms with Crippen molar-refractivity contribution in [2.45, 2.75) is 26.4 Å². The molecule has 124 valence electrons. The molecule has 0 aromatic carbocycles. The summed E-state index contributed by atoms with van der Waals surface area (Å²) in [4.78, 5) is 32.9. The van der Waals surface area contributed by atoms with Crippen LogP contribution in [0.2, 0.25) is 0 Å². The van der Waals surface area contributed by atoms with Crippen molar-refractivity contribution in [2.24, 2.45) is 0 Å². The van der Waals surface area contributed by atoms with E-state index in [4.69, 9.17) is 9.57 Å². The lowest BCUT2D eigenvalue weighted by Crippen LogP contribution is -2.39. The van der Waals surface area contributed by atoms with Crippen LogP contribution in [0.1, 0.15) is 36.8 Å². The Kier molecular flexibility index (Phi) is 5.00. The van der Waals surface area contributed by atoms with Crippen LogP contribution in [0.15, 0.2) is 24.4 Å². The summed E-state index contributed by atoms with van der Waals surface area (Å²) in [7, 11) is 1.56. The average molecular weight is 319 g/mol. The van der Waals surface area contributed by atoms with Gasteiger partial charge in [-0.05, 0) is 38.0 Å². The highest BCUT2D eigenvalue weighted by molar-refractivity contribution is 5.92. The van der Waals surface area contributed by atoms with Crippen LogP contribution in [0.3, 0.4) is 0 Å². The van der Waals surface area contributed by atoms with E-state index in [0.29, 0.717) is 12.2 Å². The van der Waals surface area contributed by atoms with E-state index in [-0.39, 0.29) is 12.5 Å². The smallest absolute Gasteiger partial charge is 0.434 e. The fourth-order valence-electron chi connectivity index (χ4n) is 1.94. The van der Waals surface area contributed by atoms with E-state index in [2.05, 4.69) is 10.3 Å². The van der Waals surface area contributed by atoms with Crippen molar-refractivity contribution in [2.75, 3.05) is 20.2 Å². The Bertz CT molecular complexity index is 617. The number of hydroxylamine groups is 2. The molecule has 0 aliphatic carbocycles. The molecule has 1 aromatic heterocycles. The molecule has 0 fully saturated rings. The maximum absolute atomic E-state index is 11.9. The molecule has 1 N–H and O–H groups in total. The summed E-state index contributed by atoms with van der Waals surface area (Å²) in [6.45, 7) is 5.93. The first kappa shape index (κ1) is 17.0. The minimum atomic E-state index is -0.565. The number of amides is 2. The highest BCUT2D eigenvalue weighted by Crippen LogP contribution is 2.20.